The van der Waals surface area contributed by atoms with Crippen molar-refractivity contribution >= 4 is 23.4 Å². The molecule has 0 saturated carbocycles. The van der Waals surface area contributed by atoms with Gasteiger partial charge in [0.1, 0.15) is 5.82 Å². The average Bonchev–Trinajstić information content (AvgIpc) is 2.76. The Balaban J connectivity index is 1.50. The van der Waals surface area contributed by atoms with Crippen LogP contribution in [0.3, 0.4) is 0 Å². The van der Waals surface area contributed by atoms with Crippen LogP contribution in [-0.4, -0.2) is 56.1 Å². The first-order chi connectivity index (χ1) is 14.5. The summed E-state index contributed by atoms with van der Waals surface area (Å²) in [5.41, 5.74) is 1.31. The zero-order valence-electron chi connectivity index (χ0n) is 16.6. The van der Waals surface area contributed by atoms with Gasteiger partial charge in [-0.1, -0.05) is 35.9 Å². The third-order valence-corrected chi connectivity index (χ3v) is 5.32. The summed E-state index contributed by atoms with van der Waals surface area (Å²) in [6, 6.07) is 13.0. The van der Waals surface area contributed by atoms with Crippen molar-refractivity contribution in [3.8, 4) is 0 Å². The summed E-state index contributed by atoms with van der Waals surface area (Å²) in [7, 11) is 0. The Morgan fingerprint density at radius 3 is 2.47 bits per heavy atom. The number of ether oxygens (including phenoxy) is 1. The van der Waals surface area contributed by atoms with Crippen LogP contribution in [0.1, 0.15) is 28.4 Å². The SMILES string of the molecule is O=C(CCNC(=O)c1ccccc1Cl)NC[C@@H](c1ccc(F)cc1)N1CCOCC1. The molecule has 1 saturated heterocycles. The maximum Gasteiger partial charge on any atom is 0.252 e. The highest BCUT2D eigenvalue weighted by Gasteiger charge is 2.23. The van der Waals surface area contributed by atoms with Gasteiger partial charge >= 0.3 is 0 Å². The molecule has 1 aliphatic heterocycles. The number of carbonyl (C=O) groups is 2. The number of halogens is 2. The number of nitrogens with one attached hydrogen (secondary N) is 2. The molecule has 1 heterocycles. The molecule has 0 aliphatic carbocycles. The fourth-order valence-electron chi connectivity index (χ4n) is 3.36. The average molecular weight is 434 g/mol. The largest absolute Gasteiger partial charge is 0.379 e. The highest BCUT2D eigenvalue weighted by molar-refractivity contribution is 6.33. The second-order valence-electron chi connectivity index (χ2n) is 7.01. The van der Waals surface area contributed by atoms with Gasteiger partial charge in [0.2, 0.25) is 5.91 Å². The van der Waals surface area contributed by atoms with Crippen molar-refractivity contribution in [2.75, 3.05) is 39.4 Å². The van der Waals surface area contributed by atoms with Crippen molar-refractivity contribution in [3.05, 3.63) is 70.5 Å². The van der Waals surface area contributed by atoms with E-state index < -0.39 is 0 Å². The van der Waals surface area contributed by atoms with Crippen molar-refractivity contribution in [3.63, 3.8) is 0 Å². The Kier molecular flexibility index (Phi) is 8.19. The van der Waals surface area contributed by atoms with Gasteiger partial charge in [0.25, 0.3) is 5.91 Å². The van der Waals surface area contributed by atoms with E-state index >= 15 is 0 Å². The summed E-state index contributed by atoms with van der Waals surface area (Å²) in [5.74, 6) is -0.779. The topological polar surface area (TPSA) is 70.7 Å². The predicted molar refractivity (Wildman–Crippen MR) is 113 cm³/mol. The standard InChI is InChI=1S/C22H25ClFN3O3/c23-19-4-2-1-3-18(19)22(29)25-10-9-21(28)26-15-20(27-11-13-30-14-12-27)16-5-7-17(24)8-6-16/h1-8,20H,9-15H2,(H,25,29)(H,26,28)/t20-/m0/s1. The van der Waals surface area contributed by atoms with Gasteiger partial charge in [-0.15, -0.1) is 0 Å². The minimum Gasteiger partial charge on any atom is -0.379 e. The van der Waals surface area contributed by atoms with Crippen molar-refractivity contribution in [2.24, 2.45) is 0 Å². The highest BCUT2D eigenvalue weighted by Crippen LogP contribution is 2.21. The molecule has 30 heavy (non-hydrogen) atoms. The predicted octanol–water partition coefficient (Wildman–Crippen LogP) is 2.79. The van der Waals surface area contributed by atoms with Crippen LogP contribution in [0.4, 0.5) is 4.39 Å². The number of benzene rings is 2. The Morgan fingerprint density at radius 1 is 1.07 bits per heavy atom. The van der Waals surface area contributed by atoms with Crippen LogP contribution in [0.25, 0.3) is 0 Å². The first-order valence-electron chi connectivity index (χ1n) is 9.91. The lowest BCUT2D eigenvalue weighted by molar-refractivity contribution is -0.121. The van der Waals surface area contributed by atoms with E-state index in [1.807, 2.05) is 0 Å². The smallest absolute Gasteiger partial charge is 0.252 e. The van der Waals surface area contributed by atoms with E-state index in [0.717, 1.165) is 18.7 Å². The third-order valence-electron chi connectivity index (χ3n) is 4.99. The summed E-state index contributed by atoms with van der Waals surface area (Å²) in [6.07, 6.45) is 0.148. The van der Waals surface area contributed by atoms with Crippen molar-refractivity contribution in [2.45, 2.75) is 12.5 Å². The fraction of sp³-hybridized carbons (Fsp3) is 0.364. The zero-order valence-corrected chi connectivity index (χ0v) is 17.3. The number of morpholine rings is 1. The molecule has 0 spiro atoms. The third kappa shape index (κ3) is 6.26. The molecule has 3 rings (SSSR count). The van der Waals surface area contributed by atoms with Gasteiger partial charge in [-0.2, -0.15) is 0 Å². The van der Waals surface area contributed by atoms with E-state index in [0.29, 0.717) is 30.3 Å². The first kappa shape index (κ1) is 22.2. The van der Waals surface area contributed by atoms with Crippen LogP contribution in [0.15, 0.2) is 48.5 Å². The molecule has 2 amide bonds. The lowest BCUT2D eigenvalue weighted by atomic mass is 10.0. The summed E-state index contributed by atoms with van der Waals surface area (Å²) >= 11 is 6.01. The number of amides is 2. The van der Waals surface area contributed by atoms with E-state index in [1.165, 1.54) is 12.1 Å². The van der Waals surface area contributed by atoms with Crippen LogP contribution in [0.2, 0.25) is 5.02 Å². The van der Waals surface area contributed by atoms with E-state index in [4.69, 9.17) is 16.3 Å². The molecule has 2 aromatic rings. The van der Waals surface area contributed by atoms with E-state index in [1.54, 1.807) is 36.4 Å². The van der Waals surface area contributed by atoms with Gasteiger partial charge in [-0.3, -0.25) is 14.5 Å². The highest BCUT2D eigenvalue weighted by atomic mass is 35.5. The van der Waals surface area contributed by atoms with Crippen LogP contribution in [-0.2, 0) is 9.53 Å². The molecule has 2 aromatic carbocycles. The van der Waals surface area contributed by atoms with Gasteiger partial charge in [-0.05, 0) is 29.8 Å². The summed E-state index contributed by atoms with van der Waals surface area (Å²) < 4.78 is 18.7. The fourth-order valence-corrected chi connectivity index (χ4v) is 3.58. The monoisotopic (exact) mass is 433 g/mol. The van der Waals surface area contributed by atoms with Crippen molar-refractivity contribution in [1.29, 1.82) is 0 Å². The number of rotatable bonds is 8. The second-order valence-corrected chi connectivity index (χ2v) is 7.41. The molecule has 8 heteroatoms. The normalized spacial score (nSPS) is 15.4. The first-order valence-corrected chi connectivity index (χ1v) is 10.3. The van der Waals surface area contributed by atoms with Crippen molar-refractivity contribution in [1.82, 2.24) is 15.5 Å². The van der Waals surface area contributed by atoms with Crippen LogP contribution in [0, 0.1) is 5.82 Å². The quantitative estimate of drug-likeness (QED) is 0.671. The van der Waals surface area contributed by atoms with Crippen LogP contribution in [0.5, 0.6) is 0 Å². The molecule has 1 aliphatic rings. The minimum atomic E-state index is -0.314. The Bertz CT molecular complexity index is 857. The van der Waals surface area contributed by atoms with E-state index in [-0.39, 0.29) is 36.6 Å². The molecule has 160 valence electrons. The van der Waals surface area contributed by atoms with Crippen LogP contribution >= 0.6 is 11.6 Å². The second kappa shape index (κ2) is 11.1. The molecule has 0 unspecified atom stereocenters. The van der Waals surface area contributed by atoms with Crippen molar-refractivity contribution < 1.29 is 18.7 Å². The Labute approximate surface area is 180 Å². The minimum absolute atomic E-state index is 0.0730. The number of carbonyl (C=O) groups excluding carboxylic acids is 2. The summed E-state index contributed by atoms with van der Waals surface area (Å²) in [5, 5.41) is 6.00. The maximum absolute atomic E-state index is 13.3. The molecular formula is C22H25ClFN3O3. The molecule has 2 N–H and O–H groups in total. The molecule has 1 atom stereocenters. The molecule has 0 bridgehead atoms. The molecule has 6 nitrogen and oxygen atoms in total. The van der Waals surface area contributed by atoms with E-state index in [9.17, 15) is 14.0 Å². The number of hydrogen-bond donors (Lipinski definition) is 2. The maximum atomic E-state index is 13.3. The Hall–Kier alpha value is -2.48. The zero-order chi connectivity index (χ0) is 21.3. The van der Waals surface area contributed by atoms with E-state index in [2.05, 4.69) is 15.5 Å². The van der Waals surface area contributed by atoms with Gasteiger partial charge in [0.05, 0.1) is 29.8 Å². The molecule has 1 fully saturated rings. The summed E-state index contributed by atoms with van der Waals surface area (Å²) in [6.45, 7) is 3.33. The van der Waals surface area contributed by atoms with Gasteiger partial charge in [-0.25, -0.2) is 4.39 Å². The van der Waals surface area contributed by atoms with Gasteiger partial charge < -0.3 is 15.4 Å². The Morgan fingerprint density at radius 2 is 1.77 bits per heavy atom. The lowest BCUT2D eigenvalue weighted by Crippen LogP contribution is -2.44. The molecule has 0 aromatic heterocycles. The number of nitrogens with zero attached hydrogens (tertiary/aromatic N) is 1. The summed E-state index contributed by atoms with van der Waals surface area (Å²) in [4.78, 5) is 26.7. The van der Waals surface area contributed by atoms with Crippen LogP contribution < -0.4 is 10.6 Å². The van der Waals surface area contributed by atoms with Gasteiger partial charge in [0.15, 0.2) is 0 Å². The lowest BCUT2D eigenvalue weighted by Gasteiger charge is -2.35. The van der Waals surface area contributed by atoms with Gasteiger partial charge in [0, 0.05) is 32.6 Å². The number of hydrogen-bond acceptors (Lipinski definition) is 4. The molecular weight excluding hydrogens is 409 g/mol. The molecule has 0 radical (unpaired) electrons.